The molecule has 1 aliphatic heterocycles. The van der Waals surface area contributed by atoms with Crippen molar-refractivity contribution >= 4 is 46.1 Å². The van der Waals surface area contributed by atoms with Gasteiger partial charge in [0.2, 0.25) is 0 Å². The fourth-order valence-corrected chi connectivity index (χ4v) is 4.86. The maximum absolute atomic E-state index is 13.0. The first-order chi connectivity index (χ1) is 14.8. The van der Waals surface area contributed by atoms with E-state index in [2.05, 4.69) is 5.32 Å². The van der Waals surface area contributed by atoms with Crippen LogP contribution >= 0.6 is 24.0 Å². The van der Waals surface area contributed by atoms with E-state index in [1.54, 1.807) is 30.2 Å². The number of nitrogens with zero attached hydrogens (tertiary/aromatic N) is 3. The zero-order valence-corrected chi connectivity index (χ0v) is 19.5. The number of aromatic nitrogens is 1. The SMILES string of the molecule is CCC(C)N1C(=O)/C(=C/c2c(C)c(C#N)c(=O)n(CC)c2NCc2ccco2)SC1=S. The fourth-order valence-electron chi connectivity index (χ4n) is 3.41. The molecule has 0 bridgehead atoms. The van der Waals surface area contributed by atoms with Gasteiger partial charge in [0, 0.05) is 18.2 Å². The topological polar surface area (TPSA) is 91.3 Å². The van der Waals surface area contributed by atoms with Crippen LogP contribution in [0.3, 0.4) is 0 Å². The Bertz CT molecular complexity index is 1140. The highest BCUT2D eigenvalue weighted by Gasteiger charge is 2.35. The number of carbonyl (C=O) groups excluding carboxylic acids is 1. The maximum atomic E-state index is 13.0. The largest absolute Gasteiger partial charge is 0.467 e. The minimum atomic E-state index is -0.367. The second-order valence-electron chi connectivity index (χ2n) is 7.17. The van der Waals surface area contributed by atoms with E-state index in [-0.39, 0.29) is 23.1 Å². The highest BCUT2D eigenvalue weighted by molar-refractivity contribution is 8.26. The molecule has 0 radical (unpaired) electrons. The number of nitriles is 1. The molecule has 31 heavy (non-hydrogen) atoms. The molecule has 9 heteroatoms. The van der Waals surface area contributed by atoms with E-state index in [4.69, 9.17) is 16.6 Å². The van der Waals surface area contributed by atoms with Gasteiger partial charge in [0.1, 0.15) is 27.5 Å². The number of carbonyl (C=O) groups is 1. The van der Waals surface area contributed by atoms with Crippen molar-refractivity contribution in [3.8, 4) is 6.07 Å². The molecule has 0 aromatic carbocycles. The summed E-state index contributed by atoms with van der Waals surface area (Å²) in [6.45, 7) is 8.24. The molecule has 1 amide bonds. The summed E-state index contributed by atoms with van der Waals surface area (Å²) in [4.78, 5) is 28.0. The van der Waals surface area contributed by atoms with Crippen LogP contribution in [0.4, 0.5) is 5.82 Å². The standard InChI is InChI=1S/C22H24N4O3S2/c1-5-13(3)26-21(28)18(31-22(26)30)10-16-14(4)17(11-23)20(27)25(6-2)19(16)24-12-15-8-7-9-29-15/h7-10,13,24H,5-6,12H2,1-4H3/b18-10-. The second kappa shape index (κ2) is 9.54. The summed E-state index contributed by atoms with van der Waals surface area (Å²) in [7, 11) is 0. The number of nitrogens with one attached hydrogen (secondary N) is 1. The third-order valence-electron chi connectivity index (χ3n) is 5.33. The normalized spacial score (nSPS) is 16.1. The monoisotopic (exact) mass is 456 g/mol. The van der Waals surface area contributed by atoms with Crippen LogP contribution in [-0.4, -0.2) is 25.7 Å². The van der Waals surface area contributed by atoms with Crippen LogP contribution in [0.2, 0.25) is 0 Å². The molecule has 1 unspecified atom stereocenters. The first-order valence-electron chi connectivity index (χ1n) is 10.0. The molecule has 0 aliphatic carbocycles. The molecule has 3 heterocycles. The first-order valence-corrected chi connectivity index (χ1v) is 11.3. The van der Waals surface area contributed by atoms with Crippen molar-refractivity contribution in [2.45, 2.75) is 53.2 Å². The number of rotatable bonds is 7. The third kappa shape index (κ3) is 4.31. The van der Waals surface area contributed by atoms with Crippen LogP contribution in [0, 0.1) is 18.3 Å². The van der Waals surface area contributed by atoms with Crippen molar-refractivity contribution in [3.05, 3.63) is 56.1 Å². The average Bonchev–Trinajstić information content (AvgIpc) is 3.36. The molecular weight excluding hydrogens is 432 g/mol. The summed E-state index contributed by atoms with van der Waals surface area (Å²) < 4.78 is 7.41. The van der Waals surface area contributed by atoms with E-state index in [1.165, 1.54) is 16.3 Å². The molecule has 1 N–H and O–H groups in total. The van der Waals surface area contributed by atoms with E-state index in [0.717, 1.165) is 6.42 Å². The fraction of sp³-hybridized carbons (Fsp3) is 0.364. The highest BCUT2D eigenvalue weighted by atomic mass is 32.2. The van der Waals surface area contributed by atoms with Gasteiger partial charge in [-0.1, -0.05) is 30.9 Å². The smallest absolute Gasteiger partial charge is 0.270 e. The van der Waals surface area contributed by atoms with E-state index in [0.29, 0.717) is 45.0 Å². The van der Waals surface area contributed by atoms with Crippen molar-refractivity contribution in [3.63, 3.8) is 0 Å². The molecule has 2 aromatic heterocycles. The first kappa shape index (κ1) is 22.8. The van der Waals surface area contributed by atoms with Crippen LogP contribution in [-0.2, 0) is 17.9 Å². The highest BCUT2D eigenvalue weighted by Crippen LogP contribution is 2.36. The Morgan fingerprint density at radius 3 is 2.71 bits per heavy atom. The number of hydrogen-bond acceptors (Lipinski definition) is 7. The Kier molecular flexibility index (Phi) is 7.03. The van der Waals surface area contributed by atoms with Crippen LogP contribution < -0.4 is 10.9 Å². The molecule has 3 rings (SSSR count). The van der Waals surface area contributed by atoms with Crippen molar-refractivity contribution in [2.75, 3.05) is 5.32 Å². The average molecular weight is 457 g/mol. The lowest BCUT2D eigenvalue weighted by atomic mass is 10.0. The number of pyridine rings is 1. The summed E-state index contributed by atoms with van der Waals surface area (Å²) in [6.07, 6.45) is 4.09. The number of thiocarbonyl (C=S) groups is 1. The molecule has 1 fully saturated rings. The summed E-state index contributed by atoms with van der Waals surface area (Å²) in [5.41, 5.74) is 0.838. The third-order valence-corrected chi connectivity index (χ3v) is 6.66. The summed E-state index contributed by atoms with van der Waals surface area (Å²) >= 11 is 6.67. The molecule has 0 spiro atoms. The van der Waals surface area contributed by atoms with E-state index < -0.39 is 0 Å². The number of hydrogen-bond donors (Lipinski definition) is 1. The molecule has 1 aliphatic rings. The van der Waals surface area contributed by atoms with Crippen molar-refractivity contribution in [2.24, 2.45) is 0 Å². The van der Waals surface area contributed by atoms with Gasteiger partial charge in [-0.15, -0.1) is 0 Å². The van der Waals surface area contributed by atoms with Crippen molar-refractivity contribution < 1.29 is 9.21 Å². The lowest BCUT2D eigenvalue weighted by Crippen LogP contribution is -2.36. The van der Waals surface area contributed by atoms with Crippen molar-refractivity contribution in [1.29, 1.82) is 5.26 Å². The Hall–Kier alpha value is -2.83. The Morgan fingerprint density at radius 1 is 1.39 bits per heavy atom. The minimum Gasteiger partial charge on any atom is -0.467 e. The second-order valence-corrected chi connectivity index (χ2v) is 8.84. The van der Waals surface area contributed by atoms with Gasteiger partial charge in [-0.05, 0) is 51.0 Å². The molecule has 1 saturated heterocycles. The quantitative estimate of drug-likeness (QED) is 0.492. The summed E-state index contributed by atoms with van der Waals surface area (Å²) in [5, 5.41) is 12.9. The number of furan rings is 1. The van der Waals surface area contributed by atoms with Gasteiger partial charge in [-0.2, -0.15) is 5.26 Å². The van der Waals surface area contributed by atoms with Gasteiger partial charge in [0.15, 0.2) is 0 Å². The zero-order chi connectivity index (χ0) is 22.7. The van der Waals surface area contributed by atoms with Crippen molar-refractivity contribution in [1.82, 2.24) is 9.47 Å². The van der Waals surface area contributed by atoms with E-state index in [9.17, 15) is 14.9 Å². The number of anilines is 1. The van der Waals surface area contributed by atoms with E-state index >= 15 is 0 Å². The maximum Gasteiger partial charge on any atom is 0.270 e. The van der Waals surface area contributed by atoms with Gasteiger partial charge < -0.3 is 9.73 Å². The number of thioether (sulfide) groups is 1. The summed E-state index contributed by atoms with van der Waals surface area (Å²) in [5.74, 6) is 1.08. The molecule has 162 valence electrons. The number of amides is 1. The van der Waals surface area contributed by atoms with Gasteiger partial charge in [0.05, 0.1) is 17.7 Å². The Labute approximate surface area is 190 Å². The van der Waals surface area contributed by atoms with Crippen LogP contribution in [0.15, 0.2) is 32.5 Å². The van der Waals surface area contributed by atoms with Crippen LogP contribution in [0.25, 0.3) is 6.08 Å². The molecule has 7 nitrogen and oxygen atoms in total. The predicted octanol–water partition coefficient (Wildman–Crippen LogP) is 4.25. The van der Waals surface area contributed by atoms with Crippen LogP contribution in [0.5, 0.6) is 0 Å². The van der Waals surface area contributed by atoms with Gasteiger partial charge >= 0.3 is 0 Å². The molecule has 2 aromatic rings. The molecular formula is C22H24N4O3S2. The summed E-state index contributed by atoms with van der Waals surface area (Å²) in [6, 6.07) is 5.63. The predicted molar refractivity (Wildman–Crippen MR) is 127 cm³/mol. The Morgan fingerprint density at radius 2 is 2.13 bits per heavy atom. The molecule has 0 saturated carbocycles. The molecule has 1 atom stereocenters. The minimum absolute atomic E-state index is 0.00434. The lowest BCUT2D eigenvalue weighted by Gasteiger charge is -2.21. The lowest BCUT2D eigenvalue weighted by molar-refractivity contribution is -0.123. The Balaban J connectivity index is 2.15. The van der Waals surface area contributed by atoms with Crippen LogP contribution in [0.1, 0.15) is 49.6 Å². The van der Waals surface area contributed by atoms with Gasteiger partial charge in [-0.3, -0.25) is 19.1 Å². The van der Waals surface area contributed by atoms with E-state index in [1.807, 2.05) is 32.9 Å². The van der Waals surface area contributed by atoms with Gasteiger partial charge in [0.25, 0.3) is 11.5 Å². The zero-order valence-electron chi connectivity index (χ0n) is 17.9. The van der Waals surface area contributed by atoms with Gasteiger partial charge in [-0.25, -0.2) is 0 Å².